The van der Waals surface area contributed by atoms with Crippen LogP contribution in [0, 0.1) is 0 Å². The average Bonchev–Trinajstić information content (AvgIpc) is 2.72. The van der Waals surface area contributed by atoms with Gasteiger partial charge in [0.15, 0.2) is 6.61 Å². The van der Waals surface area contributed by atoms with Gasteiger partial charge in [0.1, 0.15) is 11.5 Å². The minimum Gasteiger partial charge on any atom is -0.497 e. The Morgan fingerprint density at radius 2 is 1.18 bits per heavy atom. The Labute approximate surface area is 162 Å². The molecule has 0 aliphatic carbocycles. The van der Waals surface area contributed by atoms with Crippen LogP contribution < -0.4 is 20.1 Å². The molecule has 0 saturated carbocycles. The summed E-state index contributed by atoms with van der Waals surface area (Å²) in [5.41, 5.74) is 1.15. The van der Waals surface area contributed by atoms with Crippen molar-refractivity contribution in [2.45, 2.75) is 12.8 Å². The highest BCUT2D eigenvalue weighted by atomic mass is 16.5. The van der Waals surface area contributed by atoms with Crippen molar-refractivity contribution in [2.24, 2.45) is 0 Å². The second-order valence-corrected chi connectivity index (χ2v) is 5.71. The zero-order valence-electron chi connectivity index (χ0n) is 15.7. The van der Waals surface area contributed by atoms with E-state index in [0.29, 0.717) is 22.9 Å². The van der Waals surface area contributed by atoms with Gasteiger partial charge in [-0.3, -0.25) is 14.4 Å². The predicted molar refractivity (Wildman–Crippen MR) is 103 cm³/mol. The predicted octanol–water partition coefficient (Wildman–Crippen LogP) is 2.60. The van der Waals surface area contributed by atoms with Gasteiger partial charge in [0, 0.05) is 17.8 Å². The highest BCUT2D eigenvalue weighted by Crippen LogP contribution is 2.16. The van der Waals surface area contributed by atoms with E-state index in [9.17, 15) is 14.4 Å². The first kappa shape index (κ1) is 20.8. The normalized spacial score (nSPS) is 9.93. The zero-order valence-corrected chi connectivity index (χ0v) is 15.7. The fourth-order valence-electron chi connectivity index (χ4n) is 2.20. The Bertz CT molecular complexity index is 735. The van der Waals surface area contributed by atoms with Gasteiger partial charge < -0.3 is 24.8 Å². The average molecular weight is 386 g/mol. The molecule has 8 heteroatoms. The molecule has 2 amide bonds. The number of carbonyl (C=O) groups is 3. The quantitative estimate of drug-likeness (QED) is 0.642. The van der Waals surface area contributed by atoms with E-state index in [1.54, 1.807) is 62.8 Å². The van der Waals surface area contributed by atoms with E-state index in [2.05, 4.69) is 10.6 Å². The summed E-state index contributed by atoms with van der Waals surface area (Å²) in [6, 6.07) is 13.5. The Kier molecular flexibility index (Phi) is 7.83. The monoisotopic (exact) mass is 386 g/mol. The van der Waals surface area contributed by atoms with Gasteiger partial charge in [0.2, 0.25) is 5.91 Å². The van der Waals surface area contributed by atoms with E-state index in [1.807, 2.05) is 0 Å². The van der Waals surface area contributed by atoms with Crippen LogP contribution in [0.15, 0.2) is 48.5 Å². The van der Waals surface area contributed by atoms with E-state index < -0.39 is 18.5 Å². The number of carbonyl (C=O) groups excluding carboxylic acids is 3. The number of nitrogens with one attached hydrogen (secondary N) is 2. The van der Waals surface area contributed by atoms with Gasteiger partial charge in [0.25, 0.3) is 5.91 Å². The second kappa shape index (κ2) is 10.6. The number of anilines is 2. The van der Waals surface area contributed by atoms with Gasteiger partial charge in [-0.1, -0.05) is 0 Å². The lowest BCUT2D eigenvalue weighted by atomic mass is 10.2. The number of hydrogen-bond donors (Lipinski definition) is 2. The maximum Gasteiger partial charge on any atom is 0.306 e. The smallest absolute Gasteiger partial charge is 0.306 e. The van der Waals surface area contributed by atoms with Crippen molar-refractivity contribution in [2.75, 3.05) is 31.5 Å². The van der Waals surface area contributed by atoms with Crippen LogP contribution in [0.5, 0.6) is 11.5 Å². The fraction of sp³-hybridized carbons (Fsp3) is 0.250. The molecule has 28 heavy (non-hydrogen) atoms. The topological polar surface area (TPSA) is 103 Å². The first-order chi connectivity index (χ1) is 13.5. The van der Waals surface area contributed by atoms with Crippen molar-refractivity contribution in [1.82, 2.24) is 0 Å². The molecule has 2 rings (SSSR count). The Balaban J connectivity index is 1.66. The van der Waals surface area contributed by atoms with Crippen LogP contribution in [0.25, 0.3) is 0 Å². The third-order valence-corrected chi connectivity index (χ3v) is 3.67. The molecule has 0 aromatic heterocycles. The number of rotatable bonds is 9. The van der Waals surface area contributed by atoms with Crippen LogP contribution in [-0.4, -0.2) is 38.6 Å². The fourth-order valence-corrected chi connectivity index (χ4v) is 2.20. The van der Waals surface area contributed by atoms with E-state index in [0.717, 1.165) is 0 Å². The summed E-state index contributed by atoms with van der Waals surface area (Å²) in [5, 5.41) is 5.26. The summed E-state index contributed by atoms with van der Waals surface area (Å²) in [4.78, 5) is 35.4. The molecular formula is C20H22N2O6. The van der Waals surface area contributed by atoms with Crippen LogP contribution >= 0.6 is 0 Å². The molecular weight excluding hydrogens is 364 g/mol. The van der Waals surface area contributed by atoms with Gasteiger partial charge in [-0.05, 0) is 48.5 Å². The minimum atomic E-state index is -0.630. The van der Waals surface area contributed by atoms with Crippen LogP contribution in [0.3, 0.4) is 0 Å². The standard InChI is InChI=1S/C20H22N2O6/c1-26-16-7-3-14(4-8-16)21-18(23)11-12-20(25)28-13-19(24)22-15-5-9-17(27-2)10-6-15/h3-10H,11-13H2,1-2H3,(H,21,23)(H,22,24). The number of hydrogen-bond acceptors (Lipinski definition) is 6. The van der Waals surface area contributed by atoms with E-state index in [-0.39, 0.29) is 18.7 Å². The molecule has 2 aromatic carbocycles. The van der Waals surface area contributed by atoms with E-state index in [4.69, 9.17) is 14.2 Å². The lowest BCUT2D eigenvalue weighted by molar-refractivity contribution is -0.147. The first-order valence-corrected chi connectivity index (χ1v) is 8.53. The highest BCUT2D eigenvalue weighted by molar-refractivity contribution is 5.94. The maximum atomic E-state index is 11.9. The van der Waals surface area contributed by atoms with Crippen molar-refractivity contribution in [3.05, 3.63) is 48.5 Å². The van der Waals surface area contributed by atoms with Crippen molar-refractivity contribution >= 4 is 29.2 Å². The summed E-state index contributed by atoms with van der Waals surface area (Å²) < 4.78 is 14.9. The molecule has 0 spiro atoms. The number of ether oxygens (including phenoxy) is 3. The summed E-state index contributed by atoms with van der Waals surface area (Å²) >= 11 is 0. The molecule has 8 nitrogen and oxygen atoms in total. The summed E-state index contributed by atoms with van der Waals surface area (Å²) in [7, 11) is 3.10. The molecule has 0 unspecified atom stereocenters. The van der Waals surface area contributed by atoms with Gasteiger partial charge >= 0.3 is 5.97 Å². The maximum absolute atomic E-state index is 11.9. The van der Waals surface area contributed by atoms with Gasteiger partial charge in [0.05, 0.1) is 20.6 Å². The summed E-state index contributed by atoms with van der Waals surface area (Å²) in [6.07, 6.45) is -0.178. The summed E-state index contributed by atoms with van der Waals surface area (Å²) in [5.74, 6) is -0.0902. The van der Waals surface area contributed by atoms with Gasteiger partial charge in [-0.25, -0.2) is 0 Å². The third-order valence-electron chi connectivity index (χ3n) is 3.67. The number of amides is 2. The highest BCUT2D eigenvalue weighted by Gasteiger charge is 2.11. The second-order valence-electron chi connectivity index (χ2n) is 5.71. The van der Waals surface area contributed by atoms with Gasteiger partial charge in [-0.2, -0.15) is 0 Å². The number of esters is 1. The molecule has 2 aromatic rings. The minimum absolute atomic E-state index is 0.0506. The summed E-state index contributed by atoms with van der Waals surface area (Å²) in [6.45, 7) is -0.426. The van der Waals surface area contributed by atoms with E-state index in [1.165, 1.54) is 0 Å². The molecule has 0 aliphatic heterocycles. The molecule has 0 atom stereocenters. The first-order valence-electron chi connectivity index (χ1n) is 8.53. The van der Waals surface area contributed by atoms with Crippen molar-refractivity contribution in [3.63, 3.8) is 0 Å². The molecule has 148 valence electrons. The van der Waals surface area contributed by atoms with Crippen LogP contribution in [0.2, 0.25) is 0 Å². The lowest BCUT2D eigenvalue weighted by Crippen LogP contribution is -2.21. The van der Waals surface area contributed by atoms with Crippen molar-refractivity contribution in [1.29, 1.82) is 0 Å². The molecule has 0 saturated heterocycles. The SMILES string of the molecule is COc1ccc(NC(=O)CCC(=O)OCC(=O)Nc2ccc(OC)cc2)cc1. The van der Waals surface area contributed by atoms with Crippen molar-refractivity contribution in [3.8, 4) is 11.5 Å². The zero-order chi connectivity index (χ0) is 20.4. The Hall–Kier alpha value is -3.55. The molecule has 0 fully saturated rings. The Morgan fingerprint density at radius 3 is 1.64 bits per heavy atom. The van der Waals surface area contributed by atoms with Crippen LogP contribution in [0.1, 0.15) is 12.8 Å². The Morgan fingerprint density at radius 1 is 0.714 bits per heavy atom. The number of benzene rings is 2. The molecule has 0 heterocycles. The molecule has 0 radical (unpaired) electrons. The molecule has 0 aliphatic rings. The molecule has 2 N–H and O–H groups in total. The van der Waals surface area contributed by atoms with Crippen LogP contribution in [0.4, 0.5) is 11.4 Å². The van der Waals surface area contributed by atoms with Gasteiger partial charge in [-0.15, -0.1) is 0 Å². The largest absolute Gasteiger partial charge is 0.497 e. The lowest BCUT2D eigenvalue weighted by Gasteiger charge is -2.08. The van der Waals surface area contributed by atoms with Crippen LogP contribution in [-0.2, 0) is 19.1 Å². The van der Waals surface area contributed by atoms with Crippen molar-refractivity contribution < 1.29 is 28.6 Å². The van der Waals surface area contributed by atoms with E-state index >= 15 is 0 Å². The molecule has 0 bridgehead atoms. The third kappa shape index (κ3) is 6.99. The number of methoxy groups -OCH3 is 2.